The van der Waals surface area contributed by atoms with Crippen LogP contribution in [0.1, 0.15) is 20.4 Å². The molecule has 0 radical (unpaired) electrons. The van der Waals surface area contributed by atoms with Crippen molar-refractivity contribution < 1.29 is 14.3 Å². The van der Waals surface area contributed by atoms with Gasteiger partial charge in [0.1, 0.15) is 4.88 Å². The van der Waals surface area contributed by atoms with Crippen LogP contribution in [-0.4, -0.2) is 59.0 Å². The number of piperazine rings is 1. The first-order chi connectivity index (χ1) is 14.6. The lowest BCUT2D eigenvalue weighted by Gasteiger charge is -2.35. The van der Waals surface area contributed by atoms with Crippen LogP contribution in [0.15, 0.2) is 30.3 Å². The molecule has 2 aliphatic rings. The van der Waals surface area contributed by atoms with Crippen molar-refractivity contribution in [3.63, 3.8) is 0 Å². The van der Waals surface area contributed by atoms with Crippen LogP contribution in [0.2, 0.25) is 0 Å². The van der Waals surface area contributed by atoms with Crippen molar-refractivity contribution in [3.05, 3.63) is 45.9 Å². The van der Waals surface area contributed by atoms with E-state index in [0.717, 1.165) is 57.2 Å². The van der Waals surface area contributed by atoms with Crippen molar-refractivity contribution in [2.24, 2.45) is 0 Å². The third-order valence-corrected chi connectivity index (χ3v) is 6.37. The highest BCUT2D eigenvalue weighted by atomic mass is 32.1. The molecule has 0 bridgehead atoms. The first-order valence-electron chi connectivity index (χ1n) is 9.80. The first-order valence-corrected chi connectivity index (χ1v) is 10.6. The van der Waals surface area contributed by atoms with E-state index < -0.39 is 0 Å². The average molecular weight is 423 g/mol. The van der Waals surface area contributed by atoms with E-state index >= 15 is 0 Å². The van der Waals surface area contributed by atoms with E-state index in [2.05, 4.69) is 20.1 Å². The van der Waals surface area contributed by atoms with Gasteiger partial charge in [-0.1, -0.05) is 0 Å². The summed E-state index contributed by atoms with van der Waals surface area (Å²) in [5, 5.41) is 9.72. The number of anilines is 1. The number of amides is 1. The molecule has 30 heavy (non-hydrogen) atoms. The molecule has 0 atom stereocenters. The number of thiazole rings is 1. The Morgan fingerprint density at radius 2 is 1.80 bits per heavy atom. The standard InChI is InChI=1S/C21H21N5O3S/c1-13-20(30-14(2)22-13)21(27)26-9-7-25(8-10-26)19-6-4-16(23-24-19)15-3-5-17-18(11-15)29-12-28-17/h3-6,11H,7-10,12H2,1-2H3. The predicted molar refractivity (Wildman–Crippen MR) is 113 cm³/mol. The van der Waals surface area contributed by atoms with Crippen LogP contribution in [0.3, 0.4) is 0 Å². The Labute approximate surface area is 178 Å². The van der Waals surface area contributed by atoms with Gasteiger partial charge in [-0.2, -0.15) is 0 Å². The number of hydrogen-bond acceptors (Lipinski definition) is 8. The van der Waals surface area contributed by atoms with E-state index in [1.807, 2.05) is 49.1 Å². The molecule has 4 heterocycles. The number of benzene rings is 1. The molecule has 9 heteroatoms. The highest BCUT2D eigenvalue weighted by Crippen LogP contribution is 2.35. The molecule has 2 aliphatic heterocycles. The van der Waals surface area contributed by atoms with E-state index in [9.17, 15) is 4.79 Å². The fraction of sp³-hybridized carbons (Fsp3) is 0.333. The van der Waals surface area contributed by atoms with Crippen LogP contribution in [0.5, 0.6) is 11.5 Å². The molecule has 1 amide bonds. The molecule has 0 unspecified atom stereocenters. The van der Waals surface area contributed by atoms with Crippen molar-refractivity contribution in [2.45, 2.75) is 13.8 Å². The molecule has 0 N–H and O–H groups in total. The van der Waals surface area contributed by atoms with E-state index in [4.69, 9.17) is 9.47 Å². The van der Waals surface area contributed by atoms with Crippen molar-refractivity contribution in [1.82, 2.24) is 20.1 Å². The van der Waals surface area contributed by atoms with Gasteiger partial charge in [-0.15, -0.1) is 21.5 Å². The highest BCUT2D eigenvalue weighted by molar-refractivity contribution is 7.13. The van der Waals surface area contributed by atoms with Crippen LogP contribution in [0.4, 0.5) is 5.82 Å². The lowest BCUT2D eigenvalue weighted by Crippen LogP contribution is -2.49. The molecular weight excluding hydrogens is 402 g/mol. The van der Waals surface area contributed by atoms with Gasteiger partial charge < -0.3 is 19.3 Å². The maximum absolute atomic E-state index is 12.8. The topological polar surface area (TPSA) is 80.7 Å². The van der Waals surface area contributed by atoms with E-state index in [1.54, 1.807) is 0 Å². The minimum Gasteiger partial charge on any atom is -0.454 e. The Balaban J connectivity index is 1.24. The van der Waals surface area contributed by atoms with Gasteiger partial charge in [-0.25, -0.2) is 4.98 Å². The first kappa shape index (κ1) is 18.8. The number of aromatic nitrogens is 3. The summed E-state index contributed by atoms with van der Waals surface area (Å²) in [6.45, 7) is 6.82. The van der Waals surface area contributed by atoms with E-state index in [-0.39, 0.29) is 12.7 Å². The van der Waals surface area contributed by atoms with Gasteiger partial charge in [0.15, 0.2) is 17.3 Å². The molecular formula is C21H21N5O3S. The van der Waals surface area contributed by atoms with Crippen LogP contribution >= 0.6 is 11.3 Å². The third-order valence-electron chi connectivity index (χ3n) is 5.31. The second kappa shape index (κ2) is 7.56. The lowest BCUT2D eigenvalue weighted by atomic mass is 10.1. The van der Waals surface area contributed by atoms with Gasteiger partial charge in [0.25, 0.3) is 5.91 Å². The van der Waals surface area contributed by atoms with E-state index in [0.29, 0.717) is 13.1 Å². The summed E-state index contributed by atoms with van der Waals surface area (Å²) in [4.78, 5) is 22.0. The molecule has 1 aromatic carbocycles. The van der Waals surface area contributed by atoms with Crippen molar-refractivity contribution in [2.75, 3.05) is 37.9 Å². The van der Waals surface area contributed by atoms with E-state index in [1.165, 1.54) is 11.3 Å². The third kappa shape index (κ3) is 3.45. The molecule has 0 saturated carbocycles. The summed E-state index contributed by atoms with van der Waals surface area (Å²) in [5.41, 5.74) is 2.53. The SMILES string of the molecule is Cc1nc(C)c(C(=O)N2CCN(c3ccc(-c4ccc5c(c4)OCO5)nn3)CC2)s1. The van der Waals surface area contributed by atoms with Gasteiger partial charge in [0.05, 0.1) is 16.4 Å². The van der Waals surface area contributed by atoms with Crippen molar-refractivity contribution in [1.29, 1.82) is 0 Å². The van der Waals surface area contributed by atoms with Crippen molar-refractivity contribution >= 4 is 23.1 Å². The molecule has 0 spiro atoms. The molecule has 2 aromatic heterocycles. The Morgan fingerprint density at radius 3 is 2.50 bits per heavy atom. The Bertz CT molecular complexity index is 1090. The van der Waals surface area contributed by atoms with Crippen molar-refractivity contribution in [3.8, 4) is 22.8 Å². The number of rotatable bonds is 3. The van der Waals surface area contributed by atoms with Gasteiger partial charge >= 0.3 is 0 Å². The monoisotopic (exact) mass is 423 g/mol. The zero-order chi connectivity index (χ0) is 20.7. The summed E-state index contributed by atoms with van der Waals surface area (Å²) in [6, 6.07) is 9.68. The maximum Gasteiger partial charge on any atom is 0.265 e. The molecule has 154 valence electrons. The van der Waals surface area contributed by atoms with Crippen LogP contribution in [-0.2, 0) is 0 Å². The Hall–Kier alpha value is -3.20. The molecule has 1 saturated heterocycles. The maximum atomic E-state index is 12.8. The summed E-state index contributed by atoms with van der Waals surface area (Å²) in [6.07, 6.45) is 0. The van der Waals surface area contributed by atoms with Crippen LogP contribution in [0, 0.1) is 13.8 Å². The molecule has 3 aromatic rings. The number of carbonyl (C=O) groups is 1. The Morgan fingerprint density at radius 1 is 1.00 bits per heavy atom. The molecule has 8 nitrogen and oxygen atoms in total. The average Bonchev–Trinajstić information content (AvgIpc) is 3.38. The minimum absolute atomic E-state index is 0.0713. The lowest BCUT2D eigenvalue weighted by molar-refractivity contribution is 0.0750. The van der Waals surface area contributed by atoms with Gasteiger partial charge in [-0.3, -0.25) is 4.79 Å². The normalized spacial score (nSPS) is 15.5. The van der Waals surface area contributed by atoms with Crippen LogP contribution < -0.4 is 14.4 Å². The molecule has 5 rings (SSSR count). The summed E-state index contributed by atoms with van der Waals surface area (Å²) >= 11 is 1.47. The van der Waals surface area contributed by atoms with Crippen LogP contribution in [0.25, 0.3) is 11.3 Å². The fourth-order valence-electron chi connectivity index (χ4n) is 3.72. The predicted octanol–water partition coefficient (Wildman–Crippen LogP) is 2.91. The highest BCUT2D eigenvalue weighted by Gasteiger charge is 2.25. The van der Waals surface area contributed by atoms with Gasteiger partial charge in [-0.05, 0) is 44.2 Å². The summed E-state index contributed by atoms with van der Waals surface area (Å²) < 4.78 is 10.8. The second-order valence-electron chi connectivity index (χ2n) is 7.27. The fourth-order valence-corrected chi connectivity index (χ4v) is 4.60. The zero-order valence-electron chi connectivity index (χ0n) is 16.8. The second-order valence-corrected chi connectivity index (χ2v) is 8.47. The largest absolute Gasteiger partial charge is 0.454 e. The minimum atomic E-state index is 0.0713. The molecule has 0 aliphatic carbocycles. The van der Waals surface area contributed by atoms with Gasteiger partial charge in [0.2, 0.25) is 6.79 Å². The summed E-state index contributed by atoms with van der Waals surface area (Å²) in [5.74, 6) is 2.36. The number of nitrogens with zero attached hydrogens (tertiary/aromatic N) is 5. The molecule has 1 fully saturated rings. The summed E-state index contributed by atoms with van der Waals surface area (Å²) in [7, 11) is 0. The smallest absolute Gasteiger partial charge is 0.265 e. The number of aryl methyl sites for hydroxylation is 2. The zero-order valence-corrected chi connectivity index (χ0v) is 17.6. The number of ether oxygens (including phenoxy) is 2. The number of carbonyl (C=O) groups excluding carboxylic acids is 1. The quantitative estimate of drug-likeness (QED) is 0.641. The Kier molecular flexibility index (Phi) is 4.74. The van der Waals surface area contributed by atoms with Gasteiger partial charge in [0, 0.05) is 31.7 Å². The number of fused-ring (bicyclic) bond motifs is 1. The number of hydrogen-bond donors (Lipinski definition) is 0.